The van der Waals surface area contributed by atoms with Crippen molar-refractivity contribution in [2.45, 2.75) is 43.7 Å². The number of hydrogen-bond acceptors (Lipinski definition) is 5. The zero-order chi connectivity index (χ0) is 13.4. The average Bonchev–Trinajstić information content (AvgIpc) is 2.39. The Morgan fingerprint density at radius 2 is 2.11 bits per heavy atom. The second-order valence-corrected chi connectivity index (χ2v) is 5.68. The van der Waals surface area contributed by atoms with Gasteiger partial charge in [0, 0.05) is 5.75 Å². The molecule has 0 aliphatic heterocycles. The number of aliphatic hydroxyl groups is 2. The van der Waals surface area contributed by atoms with E-state index in [0.717, 1.165) is 32.1 Å². The maximum atomic E-state index is 11.7. The van der Waals surface area contributed by atoms with Gasteiger partial charge in [0.2, 0.25) is 5.91 Å². The van der Waals surface area contributed by atoms with Gasteiger partial charge in [-0.1, -0.05) is 19.3 Å². The van der Waals surface area contributed by atoms with Crippen molar-refractivity contribution in [1.29, 1.82) is 5.26 Å². The molecule has 1 aliphatic rings. The minimum absolute atomic E-state index is 0.173. The summed E-state index contributed by atoms with van der Waals surface area (Å²) in [5.74, 6) is 0.359. The number of thioether (sulfide) groups is 1. The Morgan fingerprint density at radius 3 is 2.67 bits per heavy atom. The second-order valence-electron chi connectivity index (χ2n) is 4.65. The zero-order valence-corrected chi connectivity index (χ0v) is 11.2. The number of rotatable bonds is 6. The van der Waals surface area contributed by atoms with Gasteiger partial charge in [0.1, 0.15) is 5.54 Å². The maximum Gasteiger partial charge on any atom is 0.231 e. The molecule has 102 valence electrons. The molecule has 0 bridgehead atoms. The first kappa shape index (κ1) is 15.3. The average molecular weight is 272 g/mol. The molecule has 0 spiro atoms. The van der Waals surface area contributed by atoms with Crippen LogP contribution in [0, 0.1) is 11.3 Å². The third kappa shape index (κ3) is 4.84. The SMILES string of the molecule is N#CC1(NC(=O)CSCC(O)CO)CCCCC1. The lowest BCUT2D eigenvalue weighted by Gasteiger charge is -2.31. The van der Waals surface area contributed by atoms with Crippen LogP contribution < -0.4 is 5.32 Å². The minimum Gasteiger partial charge on any atom is -0.394 e. The first-order valence-corrected chi connectivity index (χ1v) is 7.36. The van der Waals surface area contributed by atoms with Crippen LogP contribution in [0.4, 0.5) is 0 Å². The van der Waals surface area contributed by atoms with Gasteiger partial charge < -0.3 is 15.5 Å². The van der Waals surface area contributed by atoms with Crippen LogP contribution in [0.15, 0.2) is 0 Å². The number of nitriles is 1. The van der Waals surface area contributed by atoms with Gasteiger partial charge in [-0.15, -0.1) is 11.8 Å². The highest BCUT2D eigenvalue weighted by atomic mass is 32.2. The summed E-state index contributed by atoms with van der Waals surface area (Å²) >= 11 is 1.26. The lowest BCUT2D eigenvalue weighted by molar-refractivity contribution is -0.120. The Hall–Kier alpha value is -0.770. The Bertz CT molecular complexity index is 311. The molecule has 1 aliphatic carbocycles. The van der Waals surface area contributed by atoms with Gasteiger partial charge in [-0.3, -0.25) is 4.79 Å². The molecule has 0 aromatic carbocycles. The quantitative estimate of drug-likeness (QED) is 0.651. The van der Waals surface area contributed by atoms with Gasteiger partial charge in [-0.2, -0.15) is 5.26 Å². The highest BCUT2D eigenvalue weighted by Gasteiger charge is 2.33. The molecule has 0 radical (unpaired) electrons. The predicted molar refractivity (Wildman–Crippen MR) is 70.0 cm³/mol. The van der Waals surface area contributed by atoms with Gasteiger partial charge in [0.05, 0.1) is 24.5 Å². The van der Waals surface area contributed by atoms with Crippen LogP contribution in [-0.4, -0.2) is 45.9 Å². The molecule has 5 nitrogen and oxygen atoms in total. The molecule has 6 heteroatoms. The molecular weight excluding hydrogens is 252 g/mol. The van der Waals surface area contributed by atoms with E-state index >= 15 is 0 Å². The number of amides is 1. The summed E-state index contributed by atoms with van der Waals surface area (Å²) in [5.41, 5.74) is -0.689. The third-order valence-corrected chi connectivity index (χ3v) is 4.14. The van der Waals surface area contributed by atoms with E-state index < -0.39 is 11.6 Å². The first-order chi connectivity index (χ1) is 8.62. The summed E-state index contributed by atoms with van der Waals surface area (Å²) < 4.78 is 0. The lowest BCUT2D eigenvalue weighted by atomic mass is 9.83. The Kier molecular flexibility index (Phi) is 6.47. The fraction of sp³-hybridized carbons (Fsp3) is 0.833. The molecule has 0 saturated heterocycles. The highest BCUT2D eigenvalue weighted by Crippen LogP contribution is 2.27. The lowest BCUT2D eigenvalue weighted by Crippen LogP contribution is -2.49. The standard InChI is InChI=1S/C12H20N2O3S/c13-9-12(4-2-1-3-5-12)14-11(17)8-18-7-10(16)6-15/h10,15-16H,1-8H2,(H,14,17). The van der Waals surface area contributed by atoms with Gasteiger partial charge in [0.15, 0.2) is 0 Å². The normalized spacial score (nSPS) is 19.8. The molecule has 1 rings (SSSR count). The van der Waals surface area contributed by atoms with E-state index in [4.69, 9.17) is 10.2 Å². The van der Waals surface area contributed by atoms with Crippen LogP contribution in [0.5, 0.6) is 0 Å². The molecular formula is C12H20N2O3S. The van der Waals surface area contributed by atoms with E-state index in [2.05, 4.69) is 11.4 Å². The van der Waals surface area contributed by atoms with Crippen LogP contribution in [0.25, 0.3) is 0 Å². The van der Waals surface area contributed by atoms with Crippen molar-refractivity contribution in [2.24, 2.45) is 0 Å². The van der Waals surface area contributed by atoms with Crippen LogP contribution in [-0.2, 0) is 4.79 Å². The molecule has 18 heavy (non-hydrogen) atoms. The van der Waals surface area contributed by atoms with Crippen LogP contribution in [0.2, 0.25) is 0 Å². The number of aliphatic hydroxyl groups excluding tert-OH is 2. The summed E-state index contributed by atoms with van der Waals surface area (Å²) in [6.07, 6.45) is 3.73. The summed E-state index contributed by atoms with van der Waals surface area (Å²) in [4.78, 5) is 11.7. The minimum atomic E-state index is -0.789. The third-order valence-electron chi connectivity index (χ3n) is 3.05. The molecule has 0 aromatic heterocycles. The van der Waals surface area contributed by atoms with Crippen LogP contribution >= 0.6 is 11.8 Å². The van der Waals surface area contributed by atoms with Gasteiger partial charge >= 0.3 is 0 Å². The van der Waals surface area contributed by atoms with Crippen molar-refractivity contribution in [2.75, 3.05) is 18.1 Å². The van der Waals surface area contributed by atoms with Crippen molar-refractivity contribution in [3.63, 3.8) is 0 Å². The Balaban J connectivity index is 2.32. The largest absolute Gasteiger partial charge is 0.394 e. The van der Waals surface area contributed by atoms with Gasteiger partial charge in [-0.25, -0.2) is 0 Å². The highest BCUT2D eigenvalue weighted by molar-refractivity contribution is 7.99. The molecule has 1 unspecified atom stereocenters. The van der Waals surface area contributed by atoms with E-state index in [9.17, 15) is 10.1 Å². The summed E-state index contributed by atoms with van der Waals surface area (Å²) in [6.45, 7) is -0.295. The second kappa shape index (κ2) is 7.62. The fourth-order valence-corrected chi connectivity index (χ4v) is 2.82. The molecule has 1 fully saturated rings. The monoisotopic (exact) mass is 272 g/mol. The van der Waals surface area contributed by atoms with Gasteiger partial charge in [-0.05, 0) is 12.8 Å². The Labute approximate surface area is 112 Å². The van der Waals surface area contributed by atoms with Crippen molar-refractivity contribution in [1.82, 2.24) is 5.32 Å². The summed E-state index contributed by atoms with van der Waals surface area (Å²) in [6, 6.07) is 2.23. The molecule has 1 amide bonds. The first-order valence-electron chi connectivity index (χ1n) is 6.21. The molecule has 0 heterocycles. The molecule has 1 saturated carbocycles. The van der Waals surface area contributed by atoms with Crippen LogP contribution in [0.1, 0.15) is 32.1 Å². The van der Waals surface area contributed by atoms with Crippen molar-refractivity contribution in [3.05, 3.63) is 0 Å². The summed E-state index contributed by atoms with van der Waals surface area (Å²) in [5, 5.41) is 29.8. The number of carbonyl (C=O) groups is 1. The summed E-state index contributed by atoms with van der Waals surface area (Å²) in [7, 11) is 0. The van der Waals surface area contributed by atoms with E-state index in [1.54, 1.807) is 0 Å². The van der Waals surface area contributed by atoms with Crippen LogP contribution in [0.3, 0.4) is 0 Å². The maximum absolute atomic E-state index is 11.7. The topological polar surface area (TPSA) is 93.4 Å². The number of hydrogen-bond donors (Lipinski definition) is 3. The zero-order valence-electron chi connectivity index (χ0n) is 10.4. The molecule has 0 aromatic rings. The molecule has 3 N–H and O–H groups in total. The number of nitrogens with zero attached hydrogens (tertiary/aromatic N) is 1. The Morgan fingerprint density at radius 1 is 1.44 bits per heavy atom. The van der Waals surface area contributed by atoms with Crippen molar-refractivity contribution >= 4 is 17.7 Å². The van der Waals surface area contributed by atoms with Crippen molar-refractivity contribution in [3.8, 4) is 6.07 Å². The van der Waals surface area contributed by atoms with E-state index in [1.165, 1.54) is 11.8 Å². The van der Waals surface area contributed by atoms with E-state index in [0.29, 0.717) is 5.75 Å². The molecule has 1 atom stereocenters. The predicted octanol–water partition coefficient (Wildman–Crippen LogP) is 0.415. The smallest absolute Gasteiger partial charge is 0.231 e. The fourth-order valence-electron chi connectivity index (χ4n) is 2.06. The number of carbonyl (C=O) groups excluding carboxylic acids is 1. The van der Waals surface area contributed by atoms with Crippen molar-refractivity contribution < 1.29 is 15.0 Å². The number of nitrogens with one attached hydrogen (secondary N) is 1. The van der Waals surface area contributed by atoms with E-state index in [1.807, 2.05) is 0 Å². The van der Waals surface area contributed by atoms with E-state index in [-0.39, 0.29) is 18.3 Å². The van der Waals surface area contributed by atoms with Gasteiger partial charge in [0.25, 0.3) is 0 Å².